The van der Waals surface area contributed by atoms with Gasteiger partial charge in [0.15, 0.2) is 0 Å². The molecule has 5 nitrogen and oxygen atoms in total. The minimum Gasteiger partial charge on any atom is -0.336 e. The summed E-state index contributed by atoms with van der Waals surface area (Å²) >= 11 is 0. The summed E-state index contributed by atoms with van der Waals surface area (Å²) in [4.78, 5) is 15.1. The van der Waals surface area contributed by atoms with E-state index in [4.69, 9.17) is 0 Å². The summed E-state index contributed by atoms with van der Waals surface area (Å²) < 4.78 is 27.0. The first-order valence-electron chi connectivity index (χ1n) is 9.90. The molecule has 3 rings (SSSR count). The van der Waals surface area contributed by atoms with Crippen molar-refractivity contribution in [1.29, 1.82) is 0 Å². The summed E-state index contributed by atoms with van der Waals surface area (Å²) in [6.45, 7) is 2.67. The highest BCUT2D eigenvalue weighted by atomic mass is 32.2. The molecule has 150 valence electrons. The van der Waals surface area contributed by atoms with Crippen molar-refractivity contribution >= 4 is 21.6 Å². The molecule has 0 radical (unpaired) electrons. The molecule has 0 unspecified atom stereocenters. The third-order valence-electron chi connectivity index (χ3n) is 5.50. The van der Waals surface area contributed by atoms with E-state index in [1.165, 1.54) is 29.9 Å². The van der Waals surface area contributed by atoms with Crippen molar-refractivity contribution in [3.05, 3.63) is 60.2 Å². The van der Waals surface area contributed by atoms with Crippen LogP contribution in [0.3, 0.4) is 0 Å². The highest BCUT2D eigenvalue weighted by Crippen LogP contribution is 2.25. The van der Waals surface area contributed by atoms with Gasteiger partial charge in [-0.15, -0.1) is 0 Å². The van der Waals surface area contributed by atoms with Crippen LogP contribution in [0.15, 0.2) is 59.5 Å². The van der Waals surface area contributed by atoms with Crippen molar-refractivity contribution in [2.24, 2.45) is 0 Å². The minimum atomic E-state index is -3.67. The van der Waals surface area contributed by atoms with Gasteiger partial charge in [-0.3, -0.25) is 9.10 Å². The summed E-state index contributed by atoms with van der Waals surface area (Å²) in [6.07, 6.45) is 5.67. The number of hydrogen-bond acceptors (Lipinski definition) is 3. The first-order valence-corrected chi connectivity index (χ1v) is 11.3. The predicted octanol–water partition coefficient (Wildman–Crippen LogP) is 4.31. The van der Waals surface area contributed by atoms with E-state index in [-0.39, 0.29) is 10.8 Å². The van der Waals surface area contributed by atoms with E-state index >= 15 is 0 Å². The van der Waals surface area contributed by atoms with Gasteiger partial charge in [-0.2, -0.15) is 0 Å². The Morgan fingerprint density at radius 2 is 1.57 bits per heavy atom. The second kappa shape index (κ2) is 8.78. The predicted molar refractivity (Wildman–Crippen MR) is 112 cm³/mol. The van der Waals surface area contributed by atoms with E-state index in [2.05, 4.69) is 0 Å². The molecule has 1 aliphatic carbocycles. The summed E-state index contributed by atoms with van der Waals surface area (Å²) in [7, 11) is -2.14. The van der Waals surface area contributed by atoms with Crippen LogP contribution in [0.1, 0.15) is 49.4 Å². The van der Waals surface area contributed by atoms with Gasteiger partial charge >= 0.3 is 0 Å². The van der Waals surface area contributed by atoms with Crippen molar-refractivity contribution in [2.75, 3.05) is 17.9 Å². The number of para-hydroxylation sites is 1. The van der Waals surface area contributed by atoms with Crippen molar-refractivity contribution in [3.63, 3.8) is 0 Å². The van der Waals surface area contributed by atoms with Gasteiger partial charge in [-0.1, -0.05) is 37.5 Å². The number of benzene rings is 2. The van der Waals surface area contributed by atoms with E-state index in [0.29, 0.717) is 23.8 Å². The van der Waals surface area contributed by atoms with Crippen LogP contribution in [-0.4, -0.2) is 38.9 Å². The van der Waals surface area contributed by atoms with Crippen LogP contribution in [-0.2, 0) is 10.0 Å². The number of amides is 1. The lowest BCUT2D eigenvalue weighted by molar-refractivity contribution is 0.0648. The van der Waals surface area contributed by atoms with Crippen LogP contribution in [0, 0.1) is 0 Å². The molecule has 1 saturated carbocycles. The molecular weight excluding hydrogens is 372 g/mol. The van der Waals surface area contributed by atoms with E-state index in [0.717, 1.165) is 25.7 Å². The van der Waals surface area contributed by atoms with Gasteiger partial charge in [-0.05, 0) is 56.2 Å². The maximum absolute atomic E-state index is 13.0. The molecule has 2 aromatic carbocycles. The molecule has 6 heteroatoms. The van der Waals surface area contributed by atoms with Crippen LogP contribution in [0.2, 0.25) is 0 Å². The van der Waals surface area contributed by atoms with Crippen LogP contribution in [0.4, 0.5) is 5.69 Å². The maximum atomic E-state index is 13.0. The van der Waals surface area contributed by atoms with Crippen LogP contribution in [0.25, 0.3) is 0 Å². The van der Waals surface area contributed by atoms with Gasteiger partial charge in [0.25, 0.3) is 15.9 Å². The van der Waals surface area contributed by atoms with Crippen molar-refractivity contribution in [1.82, 2.24) is 4.90 Å². The number of sulfonamides is 1. The van der Waals surface area contributed by atoms with Gasteiger partial charge in [0.1, 0.15) is 0 Å². The molecule has 0 atom stereocenters. The minimum absolute atomic E-state index is 0.0187. The normalized spacial score (nSPS) is 15.2. The molecule has 0 bridgehead atoms. The highest BCUT2D eigenvalue weighted by Gasteiger charge is 2.26. The molecule has 0 saturated heterocycles. The first kappa shape index (κ1) is 20.4. The number of carbonyl (C=O) groups excluding carboxylic acids is 1. The zero-order chi connectivity index (χ0) is 20.1. The molecule has 0 heterocycles. The number of hydrogen-bond donors (Lipinski definition) is 0. The number of rotatable bonds is 6. The standard InChI is InChI=1S/C22H28N2O3S/c1-3-24(20-12-8-5-9-13-20)22(25)18-14-16-21(17-15-18)28(26,27)23(2)19-10-6-4-7-11-19/h4,6-7,10-11,14-17,20H,3,5,8-9,12-13H2,1-2H3. The summed E-state index contributed by atoms with van der Waals surface area (Å²) in [6, 6.07) is 15.5. The third-order valence-corrected chi connectivity index (χ3v) is 7.30. The monoisotopic (exact) mass is 400 g/mol. The second-order valence-electron chi connectivity index (χ2n) is 7.22. The Hall–Kier alpha value is -2.34. The maximum Gasteiger partial charge on any atom is 0.264 e. The van der Waals surface area contributed by atoms with E-state index in [1.54, 1.807) is 36.4 Å². The molecule has 0 spiro atoms. The second-order valence-corrected chi connectivity index (χ2v) is 9.18. The molecule has 0 N–H and O–H groups in total. The van der Waals surface area contributed by atoms with E-state index in [1.807, 2.05) is 17.9 Å². The quantitative estimate of drug-likeness (QED) is 0.726. The number of nitrogens with zero attached hydrogens (tertiary/aromatic N) is 2. The summed E-state index contributed by atoms with van der Waals surface area (Å²) in [5.74, 6) is -0.0187. The van der Waals surface area contributed by atoms with E-state index < -0.39 is 10.0 Å². The number of anilines is 1. The molecule has 1 amide bonds. The Morgan fingerprint density at radius 3 is 2.14 bits per heavy atom. The highest BCUT2D eigenvalue weighted by molar-refractivity contribution is 7.92. The van der Waals surface area contributed by atoms with Gasteiger partial charge in [0.2, 0.25) is 0 Å². The Balaban J connectivity index is 1.79. The SMILES string of the molecule is CCN(C(=O)c1ccc(S(=O)(=O)N(C)c2ccccc2)cc1)C1CCCCC1. The molecule has 1 aliphatic rings. The first-order chi connectivity index (χ1) is 13.4. The lowest BCUT2D eigenvalue weighted by Gasteiger charge is -2.33. The molecule has 0 aliphatic heterocycles. The average molecular weight is 401 g/mol. The van der Waals surface area contributed by atoms with Gasteiger partial charge in [0.05, 0.1) is 10.6 Å². The third kappa shape index (κ3) is 4.22. The van der Waals surface area contributed by atoms with Crippen LogP contribution in [0.5, 0.6) is 0 Å². The Morgan fingerprint density at radius 1 is 0.964 bits per heavy atom. The Labute approximate surface area is 168 Å². The zero-order valence-electron chi connectivity index (χ0n) is 16.5. The van der Waals surface area contributed by atoms with Crippen molar-refractivity contribution < 1.29 is 13.2 Å². The lowest BCUT2D eigenvalue weighted by atomic mass is 9.93. The van der Waals surface area contributed by atoms with Gasteiger partial charge in [0, 0.05) is 25.2 Å². The fraction of sp³-hybridized carbons (Fsp3) is 0.409. The van der Waals surface area contributed by atoms with Gasteiger partial charge < -0.3 is 4.90 Å². The topological polar surface area (TPSA) is 57.7 Å². The van der Waals surface area contributed by atoms with Gasteiger partial charge in [-0.25, -0.2) is 8.42 Å². The average Bonchev–Trinajstić information content (AvgIpc) is 2.75. The fourth-order valence-electron chi connectivity index (χ4n) is 3.83. The molecular formula is C22H28N2O3S. The zero-order valence-corrected chi connectivity index (χ0v) is 17.4. The molecule has 2 aromatic rings. The van der Waals surface area contributed by atoms with Crippen molar-refractivity contribution in [2.45, 2.75) is 50.0 Å². The van der Waals surface area contributed by atoms with E-state index in [9.17, 15) is 13.2 Å². The lowest BCUT2D eigenvalue weighted by Crippen LogP contribution is -2.41. The fourth-order valence-corrected chi connectivity index (χ4v) is 5.03. The Kier molecular flexibility index (Phi) is 6.39. The summed E-state index contributed by atoms with van der Waals surface area (Å²) in [5.41, 5.74) is 1.13. The summed E-state index contributed by atoms with van der Waals surface area (Å²) in [5, 5.41) is 0. The van der Waals surface area contributed by atoms with Crippen molar-refractivity contribution in [3.8, 4) is 0 Å². The molecule has 0 aromatic heterocycles. The largest absolute Gasteiger partial charge is 0.336 e. The number of carbonyl (C=O) groups is 1. The molecule has 1 fully saturated rings. The smallest absolute Gasteiger partial charge is 0.264 e. The van der Waals surface area contributed by atoms with Crippen LogP contribution < -0.4 is 4.31 Å². The Bertz CT molecular complexity index is 889. The van der Waals surface area contributed by atoms with Crippen LogP contribution >= 0.6 is 0 Å². The molecule has 28 heavy (non-hydrogen) atoms.